The van der Waals surface area contributed by atoms with E-state index in [4.69, 9.17) is 9.47 Å². The maximum atomic E-state index is 11.7. The van der Waals surface area contributed by atoms with Crippen LogP contribution in [0, 0.1) is 0 Å². The summed E-state index contributed by atoms with van der Waals surface area (Å²) in [4.78, 5) is 13.1. The number of carbonyl (C=O) groups excluding carboxylic acids is 1. The molecule has 1 aliphatic rings. The van der Waals surface area contributed by atoms with Gasteiger partial charge in [-0.05, 0) is 24.3 Å². The second-order valence-electron chi connectivity index (χ2n) is 4.30. The maximum absolute atomic E-state index is 11.7. The number of carbonyl (C=O) groups is 1. The fourth-order valence-corrected chi connectivity index (χ4v) is 2.18. The summed E-state index contributed by atoms with van der Waals surface area (Å²) in [6.07, 6.45) is -0.193. The van der Waals surface area contributed by atoms with Crippen molar-refractivity contribution in [3.63, 3.8) is 0 Å². The molecule has 1 amide bonds. The number of ether oxygens (including phenoxy) is 2. The highest BCUT2D eigenvalue weighted by Crippen LogP contribution is 2.24. The molecule has 7 nitrogen and oxygen atoms in total. The van der Waals surface area contributed by atoms with Gasteiger partial charge >= 0.3 is 6.09 Å². The Bertz CT molecular complexity index is 582. The second kappa shape index (κ2) is 5.68. The highest BCUT2D eigenvalue weighted by atomic mass is 32.2. The molecule has 1 fully saturated rings. The van der Waals surface area contributed by atoms with Crippen LogP contribution in [-0.2, 0) is 19.0 Å². The summed E-state index contributed by atoms with van der Waals surface area (Å²) in [5, 5.41) is 0. The standard InChI is InChI=1S/C12H15NO6S/c1-17-10-5-3-9(4-6-10)13-7-11(19-12(13)14)8-18-20(2,15)16/h3-6,11H,7-8H2,1-2H3. The zero-order chi connectivity index (χ0) is 14.8. The highest BCUT2D eigenvalue weighted by molar-refractivity contribution is 7.85. The Morgan fingerprint density at radius 1 is 1.35 bits per heavy atom. The molecule has 1 aromatic rings. The van der Waals surface area contributed by atoms with Gasteiger partial charge in [-0.25, -0.2) is 4.79 Å². The van der Waals surface area contributed by atoms with E-state index in [1.807, 2.05) is 0 Å². The molecule has 8 heteroatoms. The van der Waals surface area contributed by atoms with Gasteiger partial charge in [0.15, 0.2) is 0 Å². The van der Waals surface area contributed by atoms with E-state index in [2.05, 4.69) is 4.18 Å². The lowest BCUT2D eigenvalue weighted by Gasteiger charge is -2.13. The zero-order valence-electron chi connectivity index (χ0n) is 11.1. The van der Waals surface area contributed by atoms with Gasteiger partial charge in [-0.1, -0.05) is 0 Å². The average Bonchev–Trinajstić information content (AvgIpc) is 2.77. The van der Waals surface area contributed by atoms with Gasteiger partial charge in [0.25, 0.3) is 10.1 Å². The molecule has 1 aromatic carbocycles. The Morgan fingerprint density at radius 3 is 2.55 bits per heavy atom. The molecule has 1 heterocycles. The Morgan fingerprint density at radius 2 is 2.00 bits per heavy atom. The molecular formula is C12H15NO6S. The molecule has 0 N–H and O–H groups in total. The smallest absolute Gasteiger partial charge is 0.414 e. The molecule has 0 saturated carbocycles. The van der Waals surface area contributed by atoms with Crippen LogP contribution in [0.1, 0.15) is 0 Å². The van der Waals surface area contributed by atoms with E-state index in [0.29, 0.717) is 11.4 Å². The van der Waals surface area contributed by atoms with Gasteiger partial charge in [0.05, 0.1) is 19.9 Å². The molecule has 1 atom stereocenters. The van der Waals surface area contributed by atoms with E-state index < -0.39 is 22.3 Å². The van der Waals surface area contributed by atoms with E-state index in [9.17, 15) is 13.2 Å². The average molecular weight is 301 g/mol. The van der Waals surface area contributed by atoms with Crippen molar-refractivity contribution in [2.24, 2.45) is 0 Å². The van der Waals surface area contributed by atoms with Crippen molar-refractivity contribution in [2.45, 2.75) is 6.10 Å². The summed E-state index contributed by atoms with van der Waals surface area (Å²) in [6.45, 7) is 0.0535. The summed E-state index contributed by atoms with van der Waals surface area (Å²) in [5.74, 6) is 0.679. The third-order valence-corrected chi connectivity index (χ3v) is 3.29. The van der Waals surface area contributed by atoms with Crippen molar-refractivity contribution < 1.29 is 26.9 Å². The number of cyclic esters (lactones) is 1. The Labute approximate surface area is 117 Å². The van der Waals surface area contributed by atoms with E-state index in [-0.39, 0.29) is 13.2 Å². The van der Waals surface area contributed by atoms with Gasteiger partial charge in [-0.2, -0.15) is 8.42 Å². The second-order valence-corrected chi connectivity index (χ2v) is 5.95. The number of nitrogens with zero attached hydrogens (tertiary/aromatic N) is 1. The van der Waals surface area contributed by atoms with Crippen LogP contribution in [0.3, 0.4) is 0 Å². The normalized spacial score (nSPS) is 19.0. The number of anilines is 1. The number of hydrogen-bond acceptors (Lipinski definition) is 6. The van der Waals surface area contributed by atoms with Crippen LogP contribution in [0.25, 0.3) is 0 Å². The fraction of sp³-hybridized carbons (Fsp3) is 0.417. The number of hydrogen-bond donors (Lipinski definition) is 0. The van der Waals surface area contributed by atoms with Gasteiger partial charge in [-0.3, -0.25) is 9.08 Å². The monoisotopic (exact) mass is 301 g/mol. The Kier molecular flexibility index (Phi) is 4.15. The first kappa shape index (κ1) is 14.6. The SMILES string of the molecule is COc1ccc(N2CC(COS(C)(=O)=O)OC2=O)cc1. The van der Waals surface area contributed by atoms with Crippen molar-refractivity contribution in [1.29, 1.82) is 0 Å². The zero-order valence-corrected chi connectivity index (χ0v) is 11.9. The van der Waals surface area contributed by atoms with Gasteiger partial charge < -0.3 is 9.47 Å². The molecule has 0 spiro atoms. The van der Waals surface area contributed by atoms with E-state index in [1.165, 1.54) is 4.90 Å². The lowest BCUT2D eigenvalue weighted by molar-refractivity contribution is 0.107. The molecule has 2 rings (SSSR count). The summed E-state index contributed by atoms with van der Waals surface area (Å²) >= 11 is 0. The van der Waals surface area contributed by atoms with Crippen molar-refractivity contribution in [1.82, 2.24) is 0 Å². The van der Waals surface area contributed by atoms with Gasteiger partial charge in [0.1, 0.15) is 18.5 Å². The van der Waals surface area contributed by atoms with E-state index in [1.54, 1.807) is 31.4 Å². The fourth-order valence-electron chi connectivity index (χ4n) is 1.78. The minimum atomic E-state index is -3.55. The summed E-state index contributed by atoms with van der Waals surface area (Å²) in [6, 6.07) is 6.89. The quantitative estimate of drug-likeness (QED) is 0.755. The van der Waals surface area contributed by atoms with Crippen LogP contribution in [-0.4, -0.2) is 47.1 Å². The molecule has 110 valence electrons. The first-order valence-electron chi connectivity index (χ1n) is 5.85. The van der Waals surface area contributed by atoms with Crippen LogP contribution in [0.4, 0.5) is 10.5 Å². The maximum Gasteiger partial charge on any atom is 0.414 e. The molecule has 1 saturated heterocycles. The minimum Gasteiger partial charge on any atom is -0.497 e. The first-order chi connectivity index (χ1) is 9.39. The van der Waals surface area contributed by atoms with E-state index >= 15 is 0 Å². The molecule has 0 aromatic heterocycles. The van der Waals surface area contributed by atoms with Crippen LogP contribution < -0.4 is 9.64 Å². The molecule has 0 bridgehead atoms. The number of amides is 1. The topological polar surface area (TPSA) is 82.1 Å². The highest BCUT2D eigenvalue weighted by Gasteiger charge is 2.33. The van der Waals surface area contributed by atoms with Crippen LogP contribution in [0.2, 0.25) is 0 Å². The predicted molar refractivity (Wildman–Crippen MR) is 71.4 cm³/mol. The largest absolute Gasteiger partial charge is 0.497 e. The third kappa shape index (κ3) is 3.61. The lowest BCUT2D eigenvalue weighted by Crippen LogP contribution is -2.26. The number of rotatable bonds is 5. The third-order valence-electron chi connectivity index (χ3n) is 2.73. The first-order valence-corrected chi connectivity index (χ1v) is 7.67. The predicted octanol–water partition coefficient (Wildman–Crippen LogP) is 0.997. The number of benzene rings is 1. The summed E-state index contributed by atoms with van der Waals surface area (Å²) in [7, 11) is -1.99. The van der Waals surface area contributed by atoms with Crippen LogP contribution in [0.15, 0.2) is 24.3 Å². The van der Waals surface area contributed by atoms with Crippen molar-refractivity contribution in [3.8, 4) is 5.75 Å². The van der Waals surface area contributed by atoms with Crippen molar-refractivity contribution in [2.75, 3.05) is 31.4 Å². The van der Waals surface area contributed by atoms with Crippen LogP contribution in [0.5, 0.6) is 5.75 Å². The van der Waals surface area contributed by atoms with Gasteiger partial charge in [0, 0.05) is 5.69 Å². The van der Waals surface area contributed by atoms with Crippen molar-refractivity contribution >= 4 is 21.9 Å². The summed E-state index contributed by atoms with van der Waals surface area (Å²) in [5.41, 5.74) is 0.651. The van der Waals surface area contributed by atoms with Crippen LogP contribution >= 0.6 is 0 Å². The Balaban J connectivity index is 2.01. The molecule has 1 unspecified atom stereocenters. The molecule has 0 aliphatic carbocycles. The molecule has 1 aliphatic heterocycles. The number of methoxy groups -OCH3 is 1. The van der Waals surface area contributed by atoms with Gasteiger partial charge in [-0.15, -0.1) is 0 Å². The Hall–Kier alpha value is -1.80. The lowest BCUT2D eigenvalue weighted by atomic mass is 10.2. The summed E-state index contributed by atoms with van der Waals surface area (Å²) < 4.78 is 36.5. The van der Waals surface area contributed by atoms with Gasteiger partial charge in [0.2, 0.25) is 0 Å². The minimum absolute atomic E-state index is 0.183. The van der Waals surface area contributed by atoms with Crippen molar-refractivity contribution in [3.05, 3.63) is 24.3 Å². The molecule has 0 radical (unpaired) electrons. The van der Waals surface area contributed by atoms with E-state index in [0.717, 1.165) is 6.26 Å². The molecule has 20 heavy (non-hydrogen) atoms. The molecular weight excluding hydrogens is 286 g/mol.